The summed E-state index contributed by atoms with van der Waals surface area (Å²) in [5.41, 5.74) is 5.52. The Morgan fingerprint density at radius 1 is 0.970 bits per heavy atom. The van der Waals surface area contributed by atoms with Crippen LogP contribution in [0.4, 0.5) is 17.2 Å². The second-order valence-corrected chi connectivity index (χ2v) is 8.31. The van der Waals surface area contributed by atoms with Crippen LogP contribution in [0.2, 0.25) is 0 Å². The largest absolute Gasteiger partial charge is 0.368 e. The minimum atomic E-state index is -0.158. The molecule has 7 heteroatoms. The predicted octanol–water partition coefficient (Wildman–Crippen LogP) is 4.18. The Morgan fingerprint density at radius 3 is 2.42 bits per heavy atom. The van der Waals surface area contributed by atoms with Crippen LogP contribution < -0.4 is 15.1 Å². The number of amides is 1. The van der Waals surface area contributed by atoms with Crippen LogP contribution in [0, 0.1) is 6.92 Å². The van der Waals surface area contributed by atoms with Crippen molar-refractivity contribution in [2.45, 2.75) is 20.3 Å². The van der Waals surface area contributed by atoms with E-state index in [0.29, 0.717) is 11.3 Å². The minimum absolute atomic E-state index is 0.158. The number of carbonyl (C=O) groups is 1. The van der Waals surface area contributed by atoms with Crippen LogP contribution in [0.1, 0.15) is 28.7 Å². The van der Waals surface area contributed by atoms with E-state index in [-0.39, 0.29) is 5.91 Å². The van der Waals surface area contributed by atoms with Gasteiger partial charge in [-0.15, -0.1) is 0 Å². The van der Waals surface area contributed by atoms with Gasteiger partial charge in [0.25, 0.3) is 5.91 Å². The Balaban J connectivity index is 1.22. The van der Waals surface area contributed by atoms with E-state index in [4.69, 9.17) is 0 Å². The van der Waals surface area contributed by atoms with E-state index >= 15 is 0 Å². The van der Waals surface area contributed by atoms with Gasteiger partial charge in [0, 0.05) is 43.8 Å². The summed E-state index contributed by atoms with van der Waals surface area (Å²) in [6, 6.07) is 18.1. The van der Waals surface area contributed by atoms with E-state index in [2.05, 4.69) is 56.3 Å². The maximum absolute atomic E-state index is 12.8. The molecule has 5 rings (SSSR count). The monoisotopic (exact) mass is 440 g/mol. The fourth-order valence-corrected chi connectivity index (χ4v) is 4.36. The van der Waals surface area contributed by atoms with Gasteiger partial charge in [-0.1, -0.05) is 25.1 Å². The van der Waals surface area contributed by atoms with Crippen molar-refractivity contribution in [1.29, 1.82) is 0 Å². The van der Waals surface area contributed by atoms with Crippen molar-refractivity contribution in [3.05, 3.63) is 83.9 Å². The van der Waals surface area contributed by atoms with Crippen LogP contribution in [0.5, 0.6) is 0 Å². The molecule has 168 valence electrons. The molecule has 7 nitrogen and oxygen atoms in total. The van der Waals surface area contributed by atoms with Gasteiger partial charge in [-0.3, -0.25) is 4.79 Å². The van der Waals surface area contributed by atoms with Gasteiger partial charge in [-0.05, 0) is 49.7 Å². The standard InChI is InChI=1S/C26H28N6O/c1-3-23-19(2)32-18-20(9-11-25(32)29-23)26(33)28-21-10-12-24(27-17-21)31-15-13-30(14-16-31)22-7-5-4-6-8-22/h4-12,17-18H,3,13-16H2,1-2H3,(H,28,33). The van der Waals surface area contributed by atoms with E-state index in [1.807, 2.05) is 47.9 Å². The second kappa shape index (κ2) is 8.94. The topological polar surface area (TPSA) is 65.8 Å². The van der Waals surface area contributed by atoms with Gasteiger partial charge in [0.05, 0.1) is 23.1 Å². The molecule has 1 aliphatic rings. The minimum Gasteiger partial charge on any atom is -0.368 e. The van der Waals surface area contributed by atoms with Crippen LogP contribution in [0.3, 0.4) is 0 Å². The number of hydrogen-bond acceptors (Lipinski definition) is 5. The first kappa shape index (κ1) is 21.0. The molecule has 3 aromatic heterocycles. The number of hydrogen-bond donors (Lipinski definition) is 1. The molecule has 4 aromatic rings. The van der Waals surface area contributed by atoms with Crippen molar-refractivity contribution in [2.75, 3.05) is 41.3 Å². The molecular weight excluding hydrogens is 412 g/mol. The number of nitrogens with one attached hydrogen (secondary N) is 1. The van der Waals surface area contributed by atoms with Gasteiger partial charge in [-0.2, -0.15) is 0 Å². The summed E-state index contributed by atoms with van der Waals surface area (Å²) in [5, 5.41) is 2.96. The lowest BCUT2D eigenvalue weighted by atomic mass is 10.2. The van der Waals surface area contributed by atoms with Gasteiger partial charge in [0.2, 0.25) is 0 Å². The van der Waals surface area contributed by atoms with Crippen LogP contribution in [-0.2, 0) is 6.42 Å². The molecule has 33 heavy (non-hydrogen) atoms. The molecule has 0 saturated carbocycles. The number of aryl methyl sites for hydroxylation is 2. The van der Waals surface area contributed by atoms with Crippen LogP contribution in [0.15, 0.2) is 67.0 Å². The number of piperazine rings is 1. The highest BCUT2D eigenvalue weighted by Crippen LogP contribution is 2.21. The van der Waals surface area contributed by atoms with E-state index in [1.165, 1.54) is 5.69 Å². The maximum atomic E-state index is 12.8. The summed E-state index contributed by atoms with van der Waals surface area (Å²) >= 11 is 0. The first-order valence-electron chi connectivity index (χ1n) is 11.4. The van der Waals surface area contributed by atoms with Gasteiger partial charge in [-0.25, -0.2) is 9.97 Å². The molecular formula is C26H28N6O. The number of rotatable bonds is 5. The lowest BCUT2D eigenvalue weighted by molar-refractivity contribution is 0.102. The Kier molecular flexibility index (Phi) is 5.69. The zero-order valence-corrected chi connectivity index (χ0v) is 19.0. The lowest BCUT2D eigenvalue weighted by Crippen LogP contribution is -2.46. The van der Waals surface area contributed by atoms with E-state index < -0.39 is 0 Å². The third-order valence-corrected chi connectivity index (χ3v) is 6.28. The summed E-state index contributed by atoms with van der Waals surface area (Å²) < 4.78 is 1.98. The molecule has 1 saturated heterocycles. The average Bonchev–Trinajstić information content (AvgIpc) is 3.20. The number of pyridine rings is 2. The summed E-state index contributed by atoms with van der Waals surface area (Å²) in [4.78, 5) is 26.7. The lowest BCUT2D eigenvalue weighted by Gasteiger charge is -2.36. The maximum Gasteiger partial charge on any atom is 0.257 e. The van der Waals surface area contributed by atoms with Crippen LogP contribution in [0.25, 0.3) is 5.65 Å². The number of aromatic nitrogens is 3. The molecule has 0 spiro atoms. The number of anilines is 3. The Bertz CT molecular complexity index is 1260. The fraction of sp³-hybridized carbons (Fsp3) is 0.269. The normalized spacial score (nSPS) is 14.0. The number of carbonyl (C=O) groups excluding carboxylic acids is 1. The molecule has 0 unspecified atom stereocenters. The molecule has 0 bridgehead atoms. The summed E-state index contributed by atoms with van der Waals surface area (Å²) in [6.45, 7) is 7.86. The molecule has 0 radical (unpaired) electrons. The van der Waals surface area contributed by atoms with Gasteiger partial charge >= 0.3 is 0 Å². The predicted molar refractivity (Wildman–Crippen MR) is 132 cm³/mol. The van der Waals surface area contributed by atoms with Crippen molar-refractivity contribution in [1.82, 2.24) is 14.4 Å². The van der Waals surface area contributed by atoms with Crippen molar-refractivity contribution in [3.63, 3.8) is 0 Å². The molecule has 1 N–H and O–H groups in total. The molecule has 1 aliphatic heterocycles. The number of fused-ring (bicyclic) bond motifs is 1. The van der Waals surface area contributed by atoms with Crippen molar-refractivity contribution < 1.29 is 4.79 Å². The van der Waals surface area contributed by atoms with Crippen molar-refractivity contribution in [3.8, 4) is 0 Å². The third kappa shape index (κ3) is 4.26. The van der Waals surface area contributed by atoms with Crippen molar-refractivity contribution in [2.24, 2.45) is 0 Å². The Hall–Kier alpha value is -3.87. The SMILES string of the molecule is CCc1nc2ccc(C(=O)Nc3ccc(N4CCN(c5ccccc5)CC4)nc3)cn2c1C. The molecule has 4 heterocycles. The fourth-order valence-electron chi connectivity index (χ4n) is 4.36. The summed E-state index contributed by atoms with van der Waals surface area (Å²) in [5.74, 6) is 0.775. The van der Waals surface area contributed by atoms with Gasteiger partial charge < -0.3 is 19.5 Å². The van der Waals surface area contributed by atoms with E-state index in [9.17, 15) is 4.79 Å². The molecule has 0 aliphatic carbocycles. The average molecular weight is 441 g/mol. The van der Waals surface area contributed by atoms with E-state index in [0.717, 1.165) is 55.5 Å². The highest BCUT2D eigenvalue weighted by atomic mass is 16.1. The molecule has 1 fully saturated rings. The zero-order chi connectivity index (χ0) is 22.8. The second-order valence-electron chi connectivity index (χ2n) is 8.31. The molecule has 1 amide bonds. The number of imidazole rings is 1. The summed E-state index contributed by atoms with van der Waals surface area (Å²) in [7, 11) is 0. The third-order valence-electron chi connectivity index (χ3n) is 6.28. The zero-order valence-electron chi connectivity index (χ0n) is 19.0. The number of benzene rings is 1. The first-order valence-corrected chi connectivity index (χ1v) is 11.4. The van der Waals surface area contributed by atoms with Crippen LogP contribution >= 0.6 is 0 Å². The molecule has 1 aromatic carbocycles. The van der Waals surface area contributed by atoms with E-state index in [1.54, 1.807) is 6.20 Å². The summed E-state index contributed by atoms with van der Waals surface area (Å²) in [6.07, 6.45) is 4.45. The highest BCUT2D eigenvalue weighted by molar-refractivity contribution is 6.04. The Morgan fingerprint density at radius 2 is 1.73 bits per heavy atom. The quantitative estimate of drug-likeness (QED) is 0.504. The van der Waals surface area contributed by atoms with Gasteiger partial charge in [0.1, 0.15) is 11.5 Å². The highest BCUT2D eigenvalue weighted by Gasteiger charge is 2.18. The Labute approximate surface area is 193 Å². The van der Waals surface area contributed by atoms with Crippen LogP contribution in [-0.4, -0.2) is 46.5 Å². The number of para-hydroxylation sites is 1. The van der Waals surface area contributed by atoms with Crippen molar-refractivity contribution >= 4 is 28.7 Å². The first-order chi connectivity index (χ1) is 16.1. The van der Waals surface area contributed by atoms with Gasteiger partial charge in [0.15, 0.2) is 0 Å². The smallest absolute Gasteiger partial charge is 0.257 e. The molecule has 0 atom stereocenters. The number of nitrogens with zero attached hydrogens (tertiary/aromatic N) is 5.